The van der Waals surface area contributed by atoms with Crippen LogP contribution in [0.2, 0.25) is 0 Å². The van der Waals surface area contributed by atoms with Crippen LogP contribution in [0.1, 0.15) is 11.1 Å². The fourth-order valence-electron chi connectivity index (χ4n) is 2.11. The molecule has 0 unspecified atom stereocenters. The maximum Gasteiger partial charge on any atom is 0.244 e. The van der Waals surface area contributed by atoms with Crippen molar-refractivity contribution >= 4 is 17.9 Å². The van der Waals surface area contributed by atoms with Gasteiger partial charge in [0.2, 0.25) is 11.8 Å². The molecular weight excluding hydrogens is 308 g/mol. The number of benzene rings is 2. The molecule has 0 fully saturated rings. The van der Waals surface area contributed by atoms with Gasteiger partial charge in [0.05, 0.1) is 0 Å². The normalized spacial score (nSPS) is 12.0. The molecule has 0 saturated heterocycles. The van der Waals surface area contributed by atoms with Crippen molar-refractivity contribution in [1.29, 1.82) is 0 Å². The number of hydrogen-bond donors (Lipinski definition) is 4. The molecule has 24 heavy (non-hydrogen) atoms. The van der Waals surface area contributed by atoms with E-state index in [1.54, 1.807) is 0 Å². The lowest BCUT2D eigenvalue weighted by molar-refractivity contribution is -0.124. The molecule has 5 N–H and O–H groups in total. The van der Waals surface area contributed by atoms with Gasteiger partial charge in [-0.2, -0.15) is 0 Å². The maximum atomic E-state index is 12.0. The van der Waals surface area contributed by atoms with Gasteiger partial charge < -0.3 is 21.3 Å². The van der Waals surface area contributed by atoms with Crippen molar-refractivity contribution in [3.63, 3.8) is 0 Å². The predicted octanol–water partition coefficient (Wildman–Crippen LogP) is 1.32. The molecule has 6 heteroatoms. The van der Waals surface area contributed by atoms with E-state index in [9.17, 15) is 19.8 Å². The average Bonchev–Trinajstić information content (AvgIpc) is 2.56. The second kappa shape index (κ2) is 7.82. The van der Waals surface area contributed by atoms with Crippen LogP contribution in [0.5, 0.6) is 11.5 Å². The SMILES string of the molecule is NC(=O)[C@H](Cc1ccccc1)NC(=O)/C=C/c1ccc(O)c(O)c1. The number of nitrogens with one attached hydrogen (secondary N) is 1. The summed E-state index contributed by atoms with van der Waals surface area (Å²) in [5.74, 6) is -1.63. The second-order valence-electron chi connectivity index (χ2n) is 5.23. The van der Waals surface area contributed by atoms with Crippen LogP contribution < -0.4 is 11.1 Å². The fourth-order valence-corrected chi connectivity index (χ4v) is 2.11. The number of rotatable bonds is 6. The predicted molar refractivity (Wildman–Crippen MR) is 90.1 cm³/mol. The molecule has 1 atom stereocenters. The van der Waals surface area contributed by atoms with Gasteiger partial charge in [-0.15, -0.1) is 0 Å². The van der Waals surface area contributed by atoms with Crippen molar-refractivity contribution in [3.05, 3.63) is 65.7 Å². The van der Waals surface area contributed by atoms with Crippen LogP contribution in [0.25, 0.3) is 6.08 Å². The Balaban J connectivity index is 2.01. The van der Waals surface area contributed by atoms with Crippen molar-refractivity contribution < 1.29 is 19.8 Å². The summed E-state index contributed by atoms with van der Waals surface area (Å²) in [6.45, 7) is 0. The van der Waals surface area contributed by atoms with Gasteiger partial charge >= 0.3 is 0 Å². The monoisotopic (exact) mass is 326 g/mol. The lowest BCUT2D eigenvalue weighted by atomic mass is 10.1. The largest absolute Gasteiger partial charge is 0.504 e. The van der Waals surface area contributed by atoms with Crippen LogP contribution in [0.15, 0.2) is 54.6 Å². The number of nitrogens with two attached hydrogens (primary N) is 1. The Kier molecular flexibility index (Phi) is 5.57. The van der Waals surface area contributed by atoms with E-state index < -0.39 is 17.9 Å². The summed E-state index contributed by atoms with van der Waals surface area (Å²) in [4.78, 5) is 23.5. The minimum atomic E-state index is -0.822. The number of amides is 2. The minimum absolute atomic E-state index is 0.242. The Morgan fingerprint density at radius 2 is 1.79 bits per heavy atom. The molecule has 0 saturated carbocycles. The molecule has 0 aliphatic heterocycles. The molecular formula is C18H18N2O4. The van der Waals surface area contributed by atoms with E-state index >= 15 is 0 Å². The van der Waals surface area contributed by atoms with E-state index in [0.717, 1.165) is 5.56 Å². The lowest BCUT2D eigenvalue weighted by Gasteiger charge is -2.14. The minimum Gasteiger partial charge on any atom is -0.504 e. The Labute approximate surface area is 139 Å². The molecule has 0 aliphatic carbocycles. The highest BCUT2D eigenvalue weighted by Gasteiger charge is 2.17. The summed E-state index contributed by atoms with van der Waals surface area (Å²) in [7, 11) is 0. The number of primary amides is 1. The number of aromatic hydroxyl groups is 2. The molecule has 0 aromatic heterocycles. The number of hydrogen-bond acceptors (Lipinski definition) is 4. The van der Waals surface area contributed by atoms with Gasteiger partial charge in [-0.25, -0.2) is 0 Å². The molecule has 6 nitrogen and oxygen atoms in total. The molecule has 0 bridgehead atoms. The molecule has 124 valence electrons. The Morgan fingerprint density at radius 1 is 1.08 bits per heavy atom. The first-order valence-corrected chi connectivity index (χ1v) is 7.29. The van der Waals surface area contributed by atoms with E-state index in [-0.39, 0.29) is 11.5 Å². The van der Waals surface area contributed by atoms with Crippen LogP contribution in [0.3, 0.4) is 0 Å². The zero-order chi connectivity index (χ0) is 17.5. The van der Waals surface area contributed by atoms with Crippen LogP contribution in [0.4, 0.5) is 0 Å². The summed E-state index contributed by atoms with van der Waals surface area (Å²) in [5.41, 5.74) is 6.75. The third kappa shape index (κ3) is 4.88. The Morgan fingerprint density at radius 3 is 2.42 bits per heavy atom. The van der Waals surface area contributed by atoms with Crippen molar-refractivity contribution in [2.45, 2.75) is 12.5 Å². The summed E-state index contributed by atoms with van der Waals surface area (Å²) in [6.07, 6.45) is 2.98. The average molecular weight is 326 g/mol. The number of carbonyl (C=O) groups is 2. The first-order chi connectivity index (χ1) is 11.5. The number of phenols is 2. The third-order valence-electron chi connectivity index (χ3n) is 3.37. The quantitative estimate of drug-likeness (QED) is 0.474. The van der Waals surface area contributed by atoms with Gasteiger partial charge in [0.15, 0.2) is 11.5 Å². The van der Waals surface area contributed by atoms with E-state index in [0.29, 0.717) is 12.0 Å². The summed E-state index contributed by atoms with van der Waals surface area (Å²) in [6, 6.07) is 12.6. The third-order valence-corrected chi connectivity index (χ3v) is 3.37. The van der Waals surface area contributed by atoms with E-state index in [1.165, 1.54) is 30.4 Å². The lowest BCUT2D eigenvalue weighted by Crippen LogP contribution is -2.45. The fraction of sp³-hybridized carbons (Fsp3) is 0.111. The van der Waals surface area contributed by atoms with E-state index in [2.05, 4.69) is 5.32 Å². The highest BCUT2D eigenvalue weighted by Crippen LogP contribution is 2.25. The van der Waals surface area contributed by atoms with E-state index in [1.807, 2.05) is 30.3 Å². The van der Waals surface area contributed by atoms with Crippen molar-refractivity contribution in [3.8, 4) is 11.5 Å². The van der Waals surface area contributed by atoms with E-state index in [4.69, 9.17) is 5.73 Å². The molecule has 2 aromatic rings. The van der Waals surface area contributed by atoms with Crippen LogP contribution in [-0.2, 0) is 16.0 Å². The van der Waals surface area contributed by atoms with Gasteiger partial charge in [0, 0.05) is 12.5 Å². The zero-order valence-electron chi connectivity index (χ0n) is 12.8. The Bertz CT molecular complexity index is 757. The van der Waals surface area contributed by atoms with Gasteiger partial charge in [-0.05, 0) is 29.3 Å². The summed E-state index contributed by atoms with van der Waals surface area (Å²) < 4.78 is 0. The van der Waals surface area contributed by atoms with Crippen LogP contribution in [0, 0.1) is 0 Å². The van der Waals surface area contributed by atoms with Crippen LogP contribution >= 0.6 is 0 Å². The van der Waals surface area contributed by atoms with Crippen molar-refractivity contribution in [1.82, 2.24) is 5.32 Å². The molecule has 0 heterocycles. The molecule has 0 spiro atoms. The summed E-state index contributed by atoms with van der Waals surface area (Å²) in [5, 5.41) is 21.2. The highest BCUT2D eigenvalue weighted by molar-refractivity contribution is 5.95. The smallest absolute Gasteiger partial charge is 0.244 e. The first-order valence-electron chi connectivity index (χ1n) is 7.29. The Hall–Kier alpha value is -3.28. The number of phenolic OH excluding ortho intramolecular Hbond substituents is 2. The van der Waals surface area contributed by atoms with Crippen LogP contribution in [-0.4, -0.2) is 28.1 Å². The second-order valence-corrected chi connectivity index (χ2v) is 5.23. The first kappa shape index (κ1) is 17.1. The van der Waals surface area contributed by atoms with Gasteiger partial charge in [0.1, 0.15) is 6.04 Å². The number of carbonyl (C=O) groups excluding carboxylic acids is 2. The topological polar surface area (TPSA) is 113 Å². The zero-order valence-corrected chi connectivity index (χ0v) is 12.8. The van der Waals surface area contributed by atoms with Gasteiger partial charge in [-0.1, -0.05) is 36.4 Å². The molecule has 2 rings (SSSR count). The van der Waals surface area contributed by atoms with Crippen molar-refractivity contribution in [2.24, 2.45) is 5.73 Å². The molecule has 0 aliphatic rings. The maximum absolute atomic E-state index is 12.0. The molecule has 2 amide bonds. The summed E-state index contributed by atoms with van der Waals surface area (Å²) >= 11 is 0. The molecule has 0 radical (unpaired) electrons. The standard InChI is InChI=1S/C18H18N2O4/c19-18(24)14(10-12-4-2-1-3-5-12)20-17(23)9-7-13-6-8-15(21)16(22)11-13/h1-9,11,14,21-22H,10H2,(H2,19,24)(H,20,23)/b9-7+/t14-/m0/s1. The van der Waals surface area contributed by atoms with Gasteiger partial charge in [0.25, 0.3) is 0 Å². The highest BCUT2D eigenvalue weighted by atomic mass is 16.3. The van der Waals surface area contributed by atoms with Crippen molar-refractivity contribution in [2.75, 3.05) is 0 Å². The molecule has 2 aromatic carbocycles. The van der Waals surface area contributed by atoms with Gasteiger partial charge in [-0.3, -0.25) is 9.59 Å².